The summed E-state index contributed by atoms with van der Waals surface area (Å²) in [6.07, 6.45) is 0. The molecule has 2 heterocycles. The van der Waals surface area contributed by atoms with Gasteiger partial charge in [-0.1, -0.05) is 42.1 Å². The number of rotatable bonds is 7. The van der Waals surface area contributed by atoms with E-state index in [1.54, 1.807) is 23.7 Å². The minimum absolute atomic E-state index is 0.0641. The van der Waals surface area contributed by atoms with Crippen LogP contribution in [0.3, 0.4) is 0 Å². The number of hydrogen-bond acceptors (Lipinski definition) is 7. The molecular weight excluding hydrogens is 463 g/mol. The van der Waals surface area contributed by atoms with Gasteiger partial charge in [-0.15, -0.1) is 21.5 Å². The van der Waals surface area contributed by atoms with Crippen LogP contribution in [0.25, 0.3) is 22.5 Å². The third-order valence-electron chi connectivity index (χ3n) is 4.79. The minimum atomic E-state index is -0.518. The quantitative estimate of drug-likeness (QED) is 0.299. The second-order valence-corrected chi connectivity index (χ2v) is 8.74. The van der Waals surface area contributed by atoms with Gasteiger partial charge in [0.25, 0.3) is 0 Å². The fourth-order valence-corrected chi connectivity index (χ4v) is 4.85. The van der Waals surface area contributed by atoms with Gasteiger partial charge in [-0.3, -0.25) is 4.79 Å². The number of nitrogens with one attached hydrogen (secondary N) is 1. The summed E-state index contributed by atoms with van der Waals surface area (Å²) in [5.41, 5.74) is 2.60. The number of halogens is 1. The van der Waals surface area contributed by atoms with Gasteiger partial charge in [0.2, 0.25) is 5.91 Å². The predicted octanol–water partition coefficient (Wildman–Crippen LogP) is 4.87. The van der Waals surface area contributed by atoms with Crippen LogP contribution in [0.5, 0.6) is 0 Å². The number of benzene rings is 2. The normalized spacial score (nSPS) is 10.8. The number of hydrogen-bond donors (Lipinski definition) is 1. The highest BCUT2D eigenvalue weighted by Crippen LogP contribution is 2.36. The number of esters is 1. The molecule has 1 amide bonds. The lowest BCUT2D eigenvalue weighted by Crippen LogP contribution is -2.16. The minimum Gasteiger partial charge on any atom is -0.465 e. The molecule has 168 valence electrons. The largest absolute Gasteiger partial charge is 0.465 e. The molecule has 1 N–H and O–H groups in total. The highest BCUT2D eigenvalue weighted by atomic mass is 32.2. The molecular formula is C23H19FN4O3S2. The molecule has 0 saturated carbocycles. The average molecular weight is 483 g/mol. The summed E-state index contributed by atoms with van der Waals surface area (Å²) in [6.45, 7) is 0. The zero-order valence-electron chi connectivity index (χ0n) is 17.7. The topological polar surface area (TPSA) is 86.1 Å². The standard InChI is InChI=1S/C23H19FN4O3S2/c1-28-20(15-8-10-16(24)11-9-15)26-27-23(28)33-13-18(29)25-21-19(22(30)31-2)17(12-32-21)14-6-4-3-5-7-14/h3-12H,13H2,1-2H3,(H,25,29). The number of carbonyl (C=O) groups is 2. The summed E-state index contributed by atoms with van der Waals surface area (Å²) >= 11 is 2.47. The molecule has 2 aromatic heterocycles. The van der Waals surface area contributed by atoms with Crippen LogP contribution in [-0.4, -0.2) is 39.5 Å². The first-order chi connectivity index (χ1) is 16.0. The van der Waals surface area contributed by atoms with Crippen molar-refractivity contribution in [3.63, 3.8) is 0 Å². The van der Waals surface area contributed by atoms with Gasteiger partial charge < -0.3 is 14.6 Å². The van der Waals surface area contributed by atoms with E-state index >= 15 is 0 Å². The van der Waals surface area contributed by atoms with E-state index in [2.05, 4.69) is 15.5 Å². The van der Waals surface area contributed by atoms with E-state index in [1.807, 2.05) is 35.7 Å². The summed E-state index contributed by atoms with van der Waals surface area (Å²) in [6, 6.07) is 15.4. The molecule has 0 aliphatic rings. The molecule has 4 rings (SSSR count). The Kier molecular flexibility index (Phi) is 6.85. The molecule has 0 saturated heterocycles. The Morgan fingerprint density at radius 2 is 1.82 bits per heavy atom. The maximum atomic E-state index is 13.2. The molecule has 0 radical (unpaired) electrons. The first kappa shape index (κ1) is 22.7. The number of anilines is 1. The van der Waals surface area contributed by atoms with Gasteiger partial charge in [0.1, 0.15) is 16.4 Å². The van der Waals surface area contributed by atoms with Gasteiger partial charge in [-0.25, -0.2) is 9.18 Å². The van der Waals surface area contributed by atoms with E-state index in [9.17, 15) is 14.0 Å². The van der Waals surface area contributed by atoms with Crippen molar-refractivity contribution in [2.45, 2.75) is 5.16 Å². The number of aromatic nitrogens is 3. The second-order valence-electron chi connectivity index (χ2n) is 6.92. The number of methoxy groups -OCH3 is 1. The van der Waals surface area contributed by atoms with Crippen molar-refractivity contribution in [2.24, 2.45) is 7.05 Å². The van der Waals surface area contributed by atoms with Crippen molar-refractivity contribution in [3.05, 3.63) is 71.4 Å². The lowest BCUT2D eigenvalue weighted by atomic mass is 10.0. The SMILES string of the molecule is COC(=O)c1c(-c2ccccc2)csc1NC(=O)CSc1nnc(-c2ccc(F)cc2)n1C. The summed E-state index contributed by atoms with van der Waals surface area (Å²) in [7, 11) is 3.09. The van der Waals surface area contributed by atoms with E-state index in [0.717, 1.165) is 11.1 Å². The first-order valence-electron chi connectivity index (χ1n) is 9.81. The van der Waals surface area contributed by atoms with Crippen molar-refractivity contribution in [3.8, 4) is 22.5 Å². The Bertz CT molecular complexity index is 1290. The van der Waals surface area contributed by atoms with Gasteiger partial charge >= 0.3 is 5.97 Å². The molecule has 0 aliphatic carbocycles. The van der Waals surface area contributed by atoms with E-state index in [1.165, 1.54) is 42.3 Å². The third kappa shape index (κ3) is 4.96. The fraction of sp³-hybridized carbons (Fsp3) is 0.130. The van der Waals surface area contributed by atoms with Gasteiger partial charge in [-0.05, 0) is 29.8 Å². The Balaban J connectivity index is 1.47. The third-order valence-corrected chi connectivity index (χ3v) is 6.70. The van der Waals surface area contributed by atoms with E-state index in [-0.39, 0.29) is 17.5 Å². The van der Waals surface area contributed by atoms with Crippen LogP contribution in [0.4, 0.5) is 9.39 Å². The van der Waals surface area contributed by atoms with E-state index in [4.69, 9.17) is 4.74 Å². The van der Waals surface area contributed by atoms with Crippen molar-refractivity contribution >= 4 is 40.0 Å². The molecule has 2 aromatic carbocycles. The average Bonchev–Trinajstić information content (AvgIpc) is 3.41. The van der Waals surface area contributed by atoms with Crippen LogP contribution in [0.1, 0.15) is 10.4 Å². The summed E-state index contributed by atoms with van der Waals surface area (Å²) in [5.74, 6) is -0.512. The number of carbonyl (C=O) groups excluding carboxylic acids is 2. The van der Waals surface area contributed by atoms with Gasteiger partial charge in [-0.2, -0.15) is 0 Å². The fourth-order valence-electron chi connectivity index (χ4n) is 3.17. The molecule has 10 heteroatoms. The molecule has 0 bridgehead atoms. The molecule has 0 fully saturated rings. The van der Waals surface area contributed by atoms with Crippen LogP contribution >= 0.6 is 23.1 Å². The van der Waals surface area contributed by atoms with E-state index in [0.29, 0.717) is 27.1 Å². The zero-order valence-corrected chi connectivity index (χ0v) is 19.4. The Morgan fingerprint density at radius 1 is 1.09 bits per heavy atom. The molecule has 0 spiro atoms. The van der Waals surface area contributed by atoms with Gasteiger partial charge in [0, 0.05) is 23.6 Å². The lowest BCUT2D eigenvalue weighted by Gasteiger charge is -2.08. The van der Waals surface area contributed by atoms with Gasteiger partial charge in [0.05, 0.1) is 12.9 Å². The van der Waals surface area contributed by atoms with Crippen LogP contribution < -0.4 is 5.32 Å². The highest BCUT2D eigenvalue weighted by molar-refractivity contribution is 7.99. The Morgan fingerprint density at radius 3 is 2.52 bits per heavy atom. The molecule has 0 unspecified atom stereocenters. The van der Waals surface area contributed by atoms with Crippen molar-refractivity contribution in [1.82, 2.24) is 14.8 Å². The summed E-state index contributed by atoms with van der Waals surface area (Å²) in [5, 5.41) is 13.9. The van der Waals surface area contributed by atoms with Crippen molar-refractivity contribution < 1.29 is 18.7 Å². The molecule has 4 aromatic rings. The van der Waals surface area contributed by atoms with E-state index < -0.39 is 5.97 Å². The van der Waals surface area contributed by atoms with Crippen LogP contribution in [0.2, 0.25) is 0 Å². The van der Waals surface area contributed by atoms with Crippen LogP contribution in [-0.2, 0) is 16.6 Å². The Labute approximate surface area is 197 Å². The van der Waals surface area contributed by atoms with Crippen molar-refractivity contribution in [2.75, 3.05) is 18.2 Å². The summed E-state index contributed by atoms with van der Waals surface area (Å²) < 4.78 is 19.9. The summed E-state index contributed by atoms with van der Waals surface area (Å²) in [4.78, 5) is 25.1. The monoisotopic (exact) mass is 482 g/mol. The first-order valence-corrected chi connectivity index (χ1v) is 11.7. The number of thiophene rings is 1. The number of thioether (sulfide) groups is 1. The van der Waals surface area contributed by atoms with Crippen molar-refractivity contribution in [1.29, 1.82) is 0 Å². The van der Waals surface area contributed by atoms with Gasteiger partial charge in [0.15, 0.2) is 11.0 Å². The highest BCUT2D eigenvalue weighted by Gasteiger charge is 2.22. The van der Waals surface area contributed by atoms with Crippen LogP contribution in [0, 0.1) is 5.82 Å². The molecule has 33 heavy (non-hydrogen) atoms. The number of ether oxygens (including phenoxy) is 1. The predicted molar refractivity (Wildman–Crippen MR) is 127 cm³/mol. The second kappa shape index (κ2) is 9.97. The zero-order chi connectivity index (χ0) is 23.4. The maximum absolute atomic E-state index is 13.2. The maximum Gasteiger partial charge on any atom is 0.341 e. The molecule has 0 atom stereocenters. The smallest absolute Gasteiger partial charge is 0.341 e. The molecule has 7 nitrogen and oxygen atoms in total. The number of amides is 1. The Hall–Kier alpha value is -3.50. The lowest BCUT2D eigenvalue weighted by molar-refractivity contribution is -0.113. The number of nitrogens with zero attached hydrogens (tertiary/aromatic N) is 3. The van der Waals surface area contributed by atoms with Crippen LogP contribution in [0.15, 0.2) is 65.1 Å². The molecule has 0 aliphatic heterocycles.